The number of amides is 1. The monoisotopic (exact) mass is 491 g/mol. The van der Waals surface area contributed by atoms with Crippen molar-refractivity contribution in [2.75, 3.05) is 15.8 Å². The summed E-state index contributed by atoms with van der Waals surface area (Å²) in [6, 6.07) is 18.8. The lowest BCUT2D eigenvalue weighted by molar-refractivity contribution is -0.113. The van der Waals surface area contributed by atoms with E-state index in [-0.39, 0.29) is 21.5 Å². The van der Waals surface area contributed by atoms with Crippen LogP contribution >= 0.6 is 11.8 Å². The van der Waals surface area contributed by atoms with Gasteiger partial charge in [0, 0.05) is 16.3 Å². The quantitative estimate of drug-likeness (QED) is 0.414. The van der Waals surface area contributed by atoms with Gasteiger partial charge in [-0.25, -0.2) is 22.0 Å². The van der Waals surface area contributed by atoms with Gasteiger partial charge in [-0.3, -0.25) is 9.52 Å². The zero-order valence-corrected chi connectivity index (χ0v) is 19.4. The number of aryl methyl sites for hydroxylation is 1. The number of nitrogens with one attached hydrogen (secondary N) is 2. The fourth-order valence-electron chi connectivity index (χ4n) is 2.62. The minimum atomic E-state index is -3.79. The van der Waals surface area contributed by atoms with E-state index in [0.717, 1.165) is 10.5 Å². The molecule has 0 bridgehead atoms. The fraction of sp³-hybridized carbons (Fsp3) is 0.0952. The molecule has 3 aromatic carbocycles. The van der Waals surface area contributed by atoms with Crippen LogP contribution in [0.25, 0.3) is 0 Å². The number of benzene rings is 3. The van der Waals surface area contributed by atoms with Crippen LogP contribution in [0.3, 0.4) is 0 Å². The van der Waals surface area contributed by atoms with E-state index in [2.05, 4.69) is 10.0 Å². The number of sulfonamides is 2. The van der Waals surface area contributed by atoms with Gasteiger partial charge in [-0.05, 0) is 67.6 Å². The molecule has 0 saturated carbocycles. The number of hydrogen-bond acceptors (Lipinski definition) is 6. The third-order valence-corrected chi connectivity index (χ3v) is 7.61. The van der Waals surface area contributed by atoms with E-state index in [0.29, 0.717) is 11.4 Å². The normalized spacial score (nSPS) is 11.7. The number of thioether (sulfide) groups is 1. The van der Waals surface area contributed by atoms with E-state index >= 15 is 0 Å². The minimum absolute atomic E-state index is 0.0389. The van der Waals surface area contributed by atoms with E-state index < -0.39 is 20.0 Å². The van der Waals surface area contributed by atoms with Gasteiger partial charge in [0.05, 0.1) is 15.5 Å². The summed E-state index contributed by atoms with van der Waals surface area (Å²) in [4.78, 5) is 13.1. The Morgan fingerprint density at radius 1 is 0.812 bits per heavy atom. The highest BCUT2D eigenvalue weighted by Crippen LogP contribution is 2.23. The molecule has 0 unspecified atom stereocenters. The van der Waals surface area contributed by atoms with Crippen molar-refractivity contribution in [2.45, 2.75) is 21.6 Å². The predicted octanol–water partition coefficient (Wildman–Crippen LogP) is 3.17. The SMILES string of the molecule is Cc1ccc(S(=O)(=O)Nc2ccc(SCC(=O)Nc3ccc(S(N)(=O)=O)cc3)cc2)cc1. The van der Waals surface area contributed by atoms with Gasteiger partial charge in [-0.2, -0.15) is 0 Å². The highest BCUT2D eigenvalue weighted by atomic mass is 32.2. The largest absolute Gasteiger partial charge is 0.325 e. The lowest BCUT2D eigenvalue weighted by atomic mass is 10.2. The van der Waals surface area contributed by atoms with Gasteiger partial charge in [0.15, 0.2) is 0 Å². The first-order chi connectivity index (χ1) is 15.0. The summed E-state index contributed by atoms with van der Waals surface area (Å²) in [6.07, 6.45) is 0. The summed E-state index contributed by atoms with van der Waals surface area (Å²) in [6.45, 7) is 1.88. The van der Waals surface area contributed by atoms with Crippen molar-refractivity contribution >= 4 is 49.1 Å². The van der Waals surface area contributed by atoms with Crippen molar-refractivity contribution in [3.63, 3.8) is 0 Å². The Labute approximate surface area is 191 Å². The molecule has 4 N–H and O–H groups in total. The molecule has 0 fully saturated rings. The maximum atomic E-state index is 12.5. The maximum Gasteiger partial charge on any atom is 0.261 e. The van der Waals surface area contributed by atoms with E-state index in [1.54, 1.807) is 48.5 Å². The molecule has 11 heteroatoms. The number of carbonyl (C=O) groups is 1. The molecule has 0 radical (unpaired) electrons. The van der Waals surface area contributed by atoms with Crippen molar-refractivity contribution in [3.05, 3.63) is 78.4 Å². The Balaban J connectivity index is 1.54. The lowest BCUT2D eigenvalue weighted by Crippen LogP contribution is -2.15. The number of primary sulfonamides is 1. The summed E-state index contributed by atoms with van der Waals surface area (Å²) in [5.41, 5.74) is 1.83. The van der Waals surface area contributed by atoms with Crippen LogP contribution in [0.15, 0.2) is 87.5 Å². The van der Waals surface area contributed by atoms with Gasteiger partial charge < -0.3 is 5.32 Å². The molecule has 0 aromatic heterocycles. The minimum Gasteiger partial charge on any atom is -0.325 e. The first kappa shape index (κ1) is 23.8. The number of nitrogens with two attached hydrogens (primary N) is 1. The number of carbonyl (C=O) groups excluding carboxylic acids is 1. The van der Waals surface area contributed by atoms with Crippen molar-refractivity contribution < 1.29 is 21.6 Å². The van der Waals surface area contributed by atoms with E-state index in [1.165, 1.54) is 36.0 Å². The summed E-state index contributed by atoms with van der Waals surface area (Å²) in [5, 5.41) is 7.71. The average molecular weight is 492 g/mol. The highest BCUT2D eigenvalue weighted by Gasteiger charge is 2.14. The van der Waals surface area contributed by atoms with Crippen molar-refractivity contribution in [3.8, 4) is 0 Å². The Bertz CT molecular complexity index is 1300. The van der Waals surface area contributed by atoms with Gasteiger partial charge in [0.2, 0.25) is 15.9 Å². The molecule has 32 heavy (non-hydrogen) atoms. The first-order valence-electron chi connectivity index (χ1n) is 9.28. The molecule has 168 valence electrons. The van der Waals surface area contributed by atoms with E-state index in [4.69, 9.17) is 5.14 Å². The van der Waals surface area contributed by atoms with Crippen LogP contribution in [0.1, 0.15) is 5.56 Å². The fourth-order valence-corrected chi connectivity index (χ4v) is 4.90. The van der Waals surface area contributed by atoms with Crippen LogP contribution < -0.4 is 15.2 Å². The van der Waals surface area contributed by atoms with Crippen LogP contribution in [0.5, 0.6) is 0 Å². The zero-order chi connectivity index (χ0) is 23.4. The second kappa shape index (κ2) is 9.74. The van der Waals surface area contributed by atoms with Crippen LogP contribution in [0.2, 0.25) is 0 Å². The van der Waals surface area contributed by atoms with Gasteiger partial charge in [-0.15, -0.1) is 11.8 Å². The smallest absolute Gasteiger partial charge is 0.261 e. The third kappa shape index (κ3) is 6.57. The summed E-state index contributed by atoms with van der Waals surface area (Å²) < 4.78 is 50.0. The topological polar surface area (TPSA) is 135 Å². The van der Waals surface area contributed by atoms with Crippen molar-refractivity contribution in [1.82, 2.24) is 0 Å². The number of anilines is 2. The number of rotatable bonds is 8. The summed E-state index contributed by atoms with van der Waals surface area (Å²) in [7, 11) is -7.47. The van der Waals surface area contributed by atoms with Gasteiger partial charge >= 0.3 is 0 Å². The zero-order valence-electron chi connectivity index (χ0n) is 17.0. The second-order valence-electron chi connectivity index (χ2n) is 6.85. The van der Waals surface area contributed by atoms with Crippen LogP contribution in [0.4, 0.5) is 11.4 Å². The van der Waals surface area contributed by atoms with Gasteiger partial charge in [0.1, 0.15) is 0 Å². The molecule has 0 atom stereocenters. The first-order valence-corrected chi connectivity index (χ1v) is 13.3. The molecule has 8 nitrogen and oxygen atoms in total. The Hall–Kier alpha value is -2.86. The molecule has 3 rings (SSSR count). The molecule has 1 amide bonds. The molecule has 0 aliphatic carbocycles. The van der Waals surface area contributed by atoms with Gasteiger partial charge in [0.25, 0.3) is 10.0 Å². The van der Waals surface area contributed by atoms with Crippen molar-refractivity contribution in [1.29, 1.82) is 0 Å². The van der Waals surface area contributed by atoms with Crippen molar-refractivity contribution in [2.24, 2.45) is 5.14 Å². The standard InChI is InChI=1S/C21H21N3O5S3/c1-15-2-10-20(11-3-15)32(28,29)24-17-4-8-18(9-5-17)30-14-21(25)23-16-6-12-19(13-7-16)31(22,26)27/h2-13,24H,14H2,1H3,(H,23,25)(H2,22,26,27). The summed E-state index contributed by atoms with van der Waals surface area (Å²) in [5.74, 6) is -0.159. The molecule has 3 aromatic rings. The van der Waals surface area contributed by atoms with E-state index in [1.807, 2.05) is 6.92 Å². The second-order valence-corrected chi connectivity index (χ2v) is 11.1. The third-order valence-electron chi connectivity index (χ3n) is 4.27. The molecule has 0 aliphatic rings. The van der Waals surface area contributed by atoms with Gasteiger partial charge in [-0.1, -0.05) is 17.7 Å². The maximum absolute atomic E-state index is 12.5. The molecular weight excluding hydrogens is 470 g/mol. The van der Waals surface area contributed by atoms with Crippen LogP contribution in [-0.4, -0.2) is 28.5 Å². The predicted molar refractivity (Wildman–Crippen MR) is 126 cm³/mol. The Kier molecular flexibility index (Phi) is 7.24. The average Bonchev–Trinajstić information content (AvgIpc) is 2.73. The van der Waals surface area contributed by atoms with Crippen LogP contribution in [0, 0.1) is 6.92 Å². The summed E-state index contributed by atoms with van der Waals surface area (Å²) >= 11 is 1.27. The molecule has 0 aliphatic heterocycles. The Morgan fingerprint density at radius 3 is 1.91 bits per heavy atom. The van der Waals surface area contributed by atoms with E-state index in [9.17, 15) is 21.6 Å². The Morgan fingerprint density at radius 2 is 1.34 bits per heavy atom. The van der Waals surface area contributed by atoms with Crippen LogP contribution in [-0.2, 0) is 24.8 Å². The molecule has 0 saturated heterocycles. The molecule has 0 spiro atoms. The molecular formula is C21H21N3O5S3. The molecule has 0 heterocycles. The lowest BCUT2D eigenvalue weighted by Gasteiger charge is -2.09. The highest BCUT2D eigenvalue weighted by molar-refractivity contribution is 8.00. The number of hydrogen-bond donors (Lipinski definition) is 3.